The van der Waals surface area contributed by atoms with Crippen LogP contribution >= 0.6 is 0 Å². The summed E-state index contributed by atoms with van der Waals surface area (Å²) in [5.74, 6) is 1.32. The zero-order valence-electron chi connectivity index (χ0n) is 16.8. The average Bonchev–Trinajstić information content (AvgIpc) is 3.22. The molecule has 1 atom stereocenters. The zero-order chi connectivity index (χ0) is 20.4. The lowest BCUT2D eigenvalue weighted by molar-refractivity contribution is 0.0936. The quantitative estimate of drug-likeness (QED) is 0.723. The number of aromatic nitrogens is 2. The highest BCUT2D eigenvalue weighted by atomic mass is 16.5. The number of hydrogen-bond acceptors (Lipinski definition) is 5. The Labute approximate surface area is 169 Å². The lowest BCUT2D eigenvalue weighted by atomic mass is 10.1. The van der Waals surface area contributed by atoms with Gasteiger partial charge < -0.3 is 14.4 Å². The van der Waals surface area contributed by atoms with Crippen molar-refractivity contribution in [1.82, 2.24) is 15.1 Å². The molecule has 29 heavy (non-hydrogen) atoms. The number of methoxy groups -OCH3 is 1. The molecule has 0 spiro atoms. The number of aromatic amines is 1. The van der Waals surface area contributed by atoms with Crippen LogP contribution in [0.5, 0.6) is 11.5 Å². The van der Waals surface area contributed by atoms with Crippen molar-refractivity contribution in [2.45, 2.75) is 6.10 Å². The summed E-state index contributed by atoms with van der Waals surface area (Å²) in [5, 5.41) is 7.23. The van der Waals surface area contributed by atoms with Crippen molar-refractivity contribution in [1.29, 1.82) is 0 Å². The average molecular weight is 392 g/mol. The van der Waals surface area contributed by atoms with Crippen molar-refractivity contribution in [3.63, 3.8) is 0 Å². The highest BCUT2D eigenvalue weighted by Crippen LogP contribution is 2.34. The van der Waals surface area contributed by atoms with Crippen LogP contribution < -0.4 is 14.4 Å². The number of rotatable bonds is 5. The molecule has 0 bridgehead atoms. The monoisotopic (exact) mass is 392 g/mol. The fourth-order valence-corrected chi connectivity index (χ4v) is 3.50. The predicted octanol–water partition coefficient (Wildman–Crippen LogP) is 3.05. The van der Waals surface area contributed by atoms with E-state index in [-0.39, 0.29) is 12.0 Å². The van der Waals surface area contributed by atoms with Crippen LogP contribution in [0.1, 0.15) is 10.5 Å². The Morgan fingerprint density at radius 1 is 1.24 bits per heavy atom. The van der Waals surface area contributed by atoms with Gasteiger partial charge >= 0.3 is 0 Å². The maximum Gasteiger partial charge on any atom is 0.276 e. The molecule has 1 aromatic heterocycles. The van der Waals surface area contributed by atoms with Crippen LogP contribution in [0.2, 0.25) is 0 Å². The van der Waals surface area contributed by atoms with E-state index in [9.17, 15) is 4.79 Å². The van der Waals surface area contributed by atoms with E-state index < -0.39 is 0 Å². The Morgan fingerprint density at radius 2 is 2.07 bits per heavy atom. The number of carbonyl (C=O) groups is 1. The van der Waals surface area contributed by atoms with Crippen molar-refractivity contribution >= 4 is 11.6 Å². The highest BCUT2D eigenvalue weighted by Gasteiger charge is 2.31. The normalized spacial score (nSPS) is 15.7. The number of H-pyrrole nitrogens is 1. The van der Waals surface area contributed by atoms with Crippen molar-refractivity contribution in [2.24, 2.45) is 0 Å². The number of anilines is 1. The first kappa shape index (κ1) is 19.0. The summed E-state index contributed by atoms with van der Waals surface area (Å²) in [6, 6.07) is 17.0. The second-order valence-electron chi connectivity index (χ2n) is 7.28. The second-order valence-corrected chi connectivity index (χ2v) is 7.28. The molecular weight excluding hydrogens is 368 g/mol. The van der Waals surface area contributed by atoms with Gasteiger partial charge in [-0.3, -0.25) is 14.8 Å². The van der Waals surface area contributed by atoms with Gasteiger partial charge in [0.2, 0.25) is 0 Å². The molecule has 2 aromatic carbocycles. The molecule has 7 nitrogen and oxygen atoms in total. The molecular formula is C22H24N4O3. The van der Waals surface area contributed by atoms with Crippen LogP contribution in [0.25, 0.3) is 11.3 Å². The van der Waals surface area contributed by atoms with Gasteiger partial charge in [0.1, 0.15) is 23.3 Å². The van der Waals surface area contributed by atoms with Gasteiger partial charge in [0.15, 0.2) is 0 Å². The Bertz CT molecular complexity index is 1010. The molecule has 0 saturated carbocycles. The van der Waals surface area contributed by atoms with Gasteiger partial charge in [0, 0.05) is 12.1 Å². The Hall–Kier alpha value is -3.32. The molecule has 1 aliphatic heterocycles. The third kappa shape index (κ3) is 3.95. The third-order valence-corrected chi connectivity index (χ3v) is 4.82. The first-order chi connectivity index (χ1) is 14.0. The highest BCUT2D eigenvalue weighted by molar-refractivity contribution is 6.06. The van der Waals surface area contributed by atoms with Gasteiger partial charge in [-0.05, 0) is 44.4 Å². The van der Waals surface area contributed by atoms with Gasteiger partial charge in [0.05, 0.1) is 25.0 Å². The number of para-hydroxylation sites is 2. The Morgan fingerprint density at radius 3 is 2.86 bits per heavy atom. The van der Waals surface area contributed by atoms with E-state index in [1.807, 2.05) is 62.6 Å². The number of ether oxygens (including phenoxy) is 2. The van der Waals surface area contributed by atoms with Crippen LogP contribution in [0.15, 0.2) is 54.6 Å². The van der Waals surface area contributed by atoms with Crippen LogP contribution in [0.3, 0.4) is 0 Å². The summed E-state index contributed by atoms with van der Waals surface area (Å²) in [5.41, 5.74) is 2.78. The van der Waals surface area contributed by atoms with E-state index >= 15 is 0 Å². The molecule has 1 aliphatic rings. The fourth-order valence-electron chi connectivity index (χ4n) is 3.50. The van der Waals surface area contributed by atoms with Gasteiger partial charge in [-0.2, -0.15) is 5.10 Å². The van der Waals surface area contributed by atoms with Crippen molar-refractivity contribution in [3.8, 4) is 22.8 Å². The van der Waals surface area contributed by atoms with E-state index in [0.29, 0.717) is 23.7 Å². The first-order valence-electron chi connectivity index (χ1n) is 9.47. The number of hydrogen-bond donors (Lipinski definition) is 1. The number of nitrogens with one attached hydrogen (secondary N) is 1. The van der Waals surface area contributed by atoms with Crippen LogP contribution in [0.4, 0.5) is 5.69 Å². The standard InChI is InChI=1S/C22H24N4O3/c1-25(2)13-17-14-26(20-9-4-5-10-21(20)29-17)22(27)19-12-18(23-24-19)15-7-6-8-16(11-15)28-3/h4-12,17H,13-14H2,1-3H3,(H,23,24). The minimum absolute atomic E-state index is 0.107. The van der Waals surface area contributed by atoms with Crippen LogP contribution in [0, 0.1) is 0 Å². The largest absolute Gasteiger partial charge is 0.497 e. The molecule has 0 fully saturated rings. The lowest BCUT2D eigenvalue weighted by Crippen LogP contribution is -2.47. The van der Waals surface area contributed by atoms with E-state index in [4.69, 9.17) is 9.47 Å². The molecule has 0 aliphatic carbocycles. The summed E-state index contributed by atoms with van der Waals surface area (Å²) in [6.45, 7) is 1.19. The van der Waals surface area contributed by atoms with Crippen LogP contribution in [-0.2, 0) is 0 Å². The number of fused-ring (bicyclic) bond motifs is 1. The predicted molar refractivity (Wildman–Crippen MR) is 112 cm³/mol. The number of benzene rings is 2. The Balaban J connectivity index is 1.62. The summed E-state index contributed by atoms with van der Waals surface area (Å²) in [4.78, 5) is 17.1. The lowest BCUT2D eigenvalue weighted by Gasteiger charge is -2.35. The van der Waals surface area contributed by atoms with E-state index in [0.717, 1.165) is 23.5 Å². The van der Waals surface area contributed by atoms with Crippen LogP contribution in [-0.4, -0.2) is 61.4 Å². The van der Waals surface area contributed by atoms with Gasteiger partial charge in [-0.25, -0.2) is 0 Å². The van der Waals surface area contributed by atoms with Crippen molar-refractivity contribution in [3.05, 3.63) is 60.3 Å². The molecule has 0 radical (unpaired) electrons. The maximum absolute atomic E-state index is 13.3. The molecule has 150 valence electrons. The minimum atomic E-state index is -0.133. The number of likely N-dealkylation sites (N-methyl/N-ethyl adjacent to an activating group) is 1. The molecule has 1 amide bonds. The summed E-state index contributed by atoms with van der Waals surface area (Å²) < 4.78 is 11.4. The maximum atomic E-state index is 13.3. The molecule has 2 heterocycles. The second kappa shape index (κ2) is 7.97. The third-order valence-electron chi connectivity index (χ3n) is 4.82. The van der Waals surface area contributed by atoms with Gasteiger partial charge in [0.25, 0.3) is 5.91 Å². The molecule has 1 unspecified atom stereocenters. The SMILES string of the molecule is COc1cccc(-c2cc(C(=O)N3CC(CN(C)C)Oc4ccccc43)[nH]n2)c1. The van der Waals surface area contributed by atoms with Gasteiger partial charge in [-0.15, -0.1) is 0 Å². The van der Waals surface area contributed by atoms with Gasteiger partial charge in [-0.1, -0.05) is 24.3 Å². The summed E-state index contributed by atoms with van der Waals surface area (Å²) in [7, 11) is 5.61. The van der Waals surface area contributed by atoms with Crippen molar-refractivity contribution in [2.75, 3.05) is 39.2 Å². The smallest absolute Gasteiger partial charge is 0.276 e. The number of carbonyl (C=O) groups excluding carboxylic acids is 1. The zero-order valence-corrected chi connectivity index (χ0v) is 16.8. The fraction of sp³-hybridized carbons (Fsp3) is 0.273. The number of nitrogens with zero attached hydrogens (tertiary/aromatic N) is 3. The number of amides is 1. The molecule has 3 aromatic rings. The summed E-state index contributed by atoms with van der Waals surface area (Å²) in [6.07, 6.45) is -0.107. The first-order valence-corrected chi connectivity index (χ1v) is 9.47. The van der Waals surface area contributed by atoms with E-state index in [1.165, 1.54) is 0 Å². The Kier molecular flexibility index (Phi) is 5.22. The molecule has 4 rings (SSSR count). The molecule has 7 heteroatoms. The minimum Gasteiger partial charge on any atom is -0.497 e. The molecule has 0 saturated heterocycles. The van der Waals surface area contributed by atoms with E-state index in [1.54, 1.807) is 18.1 Å². The van der Waals surface area contributed by atoms with Crippen molar-refractivity contribution < 1.29 is 14.3 Å². The topological polar surface area (TPSA) is 70.7 Å². The summed E-state index contributed by atoms with van der Waals surface area (Å²) >= 11 is 0. The molecule has 1 N–H and O–H groups in total. The van der Waals surface area contributed by atoms with E-state index in [2.05, 4.69) is 15.1 Å².